The van der Waals surface area contributed by atoms with E-state index in [0.717, 1.165) is 50.7 Å². The lowest BCUT2D eigenvalue weighted by Gasteiger charge is -2.33. The topological polar surface area (TPSA) is 45.4 Å². The fourth-order valence-electron chi connectivity index (χ4n) is 3.72. The Kier molecular flexibility index (Phi) is 6.72. The molecule has 1 aromatic heterocycles. The Labute approximate surface area is 163 Å². The number of benzene rings is 1. The van der Waals surface area contributed by atoms with E-state index in [2.05, 4.69) is 27.0 Å². The predicted octanol–water partition coefficient (Wildman–Crippen LogP) is 3.78. The van der Waals surface area contributed by atoms with Gasteiger partial charge in [0.1, 0.15) is 0 Å². The van der Waals surface area contributed by atoms with E-state index in [0.29, 0.717) is 30.7 Å². The Morgan fingerprint density at radius 3 is 2.61 bits per heavy atom. The first-order valence-corrected chi connectivity index (χ1v) is 9.65. The third-order valence-corrected chi connectivity index (χ3v) is 5.22. The van der Waals surface area contributed by atoms with Crippen LogP contribution < -0.4 is 0 Å². The summed E-state index contributed by atoms with van der Waals surface area (Å²) < 4.78 is 43.9. The molecule has 3 rings (SSSR count). The smallest absolute Gasteiger partial charge is 0.416 e. The van der Waals surface area contributed by atoms with Crippen molar-refractivity contribution in [1.82, 2.24) is 20.0 Å². The van der Waals surface area contributed by atoms with Crippen LogP contribution in [0.25, 0.3) is 0 Å². The molecule has 8 heteroatoms. The maximum Gasteiger partial charge on any atom is 0.416 e. The van der Waals surface area contributed by atoms with Crippen LogP contribution >= 0.6 is 0 Å². The average molecular weight is 396 g/mol. The molecule has 0 unspecified atom stereocenters. The normalized spacial score (nSPS) is 16.8. The van der Waals surface area contributed by atoms with Crippen LogP contribution in [0, 0.1) is 12.8 Å². The molecular formula is C20H27F3N4O. The zero-order valence-corrected chi connectivity index (χ0v) is 16.4. The first kappa shape index (κ1) is 20.8. The van der Waals surface area contributed by atoms with Crippen molar-refractivity contribution >= 4 is 0 Å². The molecule has 2 heterocycles. The van der Waals surface area contributed by atoms with E-state index in [9.17, 15) is 13.2 Å². The van der Waals surface area contributed by atoms with E-state index >= 15 is 0 Å². The molecule has 1 aromatic carbocycles. The minimum Gasteiger partial charge on any atom is -0.424 e. The summed E-state index contributed by atoms with van der Waals surface area (Å²) in [6.45, 7) is 6.17. The van der Waals surface area contributed by atoms with Crippen LogP contribution in [-0.4, -0.2) is 53.2 Å². The number of piperidine rings is 1. The molecule has 28 heavy (non-hydrogen) atoms. The van der Waals surface area contributed by atoms with E-state index < -0.39 is 11.7 Å². The summed E-state index contributed by atoms with van der Waals surface area (Å²) in [5.74, 6) is 1.83. The van der Waals surface area contributed by atoms with Crippen molar-refractivity contribution in [3.63, 3.8) is 0 Å². The molecule has 0 atom stereocenters. The SMILES string of the molecule is Cc1nnc(CN(C)CC2CCN(CCc3cccc(C(F)(F)F)c3)CC2)o1. The third-order valence-electron chi connectivity index (χ3n) is 5.22. The Morgan fingerprint density at radius 1 is 1.21 bits per heavy atom. The van der Waals surface area contributed by atoms with Crippen molar-refractivity contribution in [2.24, 2.45) is 5.92 Å². The van der Waals surface area contributed by atoms with Gasteiger partial charge < -0.3 is 9.32 Å². The Bertz CT molecular complexity index is 754. The third kappa shape index (κ3) is 6.04. The first-order chi connectivity index (χ1) is 13.3. The second-order valence-electron chi connectivity index (χ2n) is 7.64. The van der Waals surface area contributed by atoms with Gasteiger partial charge in [-0.05, 0) is 56.9 Å². The highest BCUT2D eigenvalue weighted by Gasteiger charge is 2.30. The summed E-state index contributed by atoms with van der Waals surface area (Å²) in [5, 5.41) is 7.88. The molecule has 1 aliphatic rings. The number of aryl methyl sites for hydroxylation is 1. The van der Waals surface area contributed by atoms with Crippen LogP contribution in [0.2, 0.25) is 0 Å². The van der Waals surface area contributed by atoms with Crippen LogP contribution in [0.1, 0.15) is 35.7 Å². The number of hydrogen-bond donors (Lipinski definition) is 0. The van der Waals surface area contributed by atoms with Crippen LogP contribution in [0.15, 0.2) is 28.7 Å². The quantitative estimate of drug-likeness (QED) is 0.713. The summed E-state index contributed by atoms with van der Waals surface area (Å²) >= 11 is 0. The molecule has 0 spiro atoms. The molecule has 5 nitrogen and oxygen atoms in total. The average Bonchev–Trinajstić information content (AvgIpc) is 3.05. The molecule has 1 fully saturated rings. The lowest BCUT2D eigenvalue weighted by molar-refractivity contribution is -0.137. The van der Waals surface area contributed by atoms with Crippen LogP contribution in [0.3, 0.4) is 0 Å². The highest BCUT2D eigenvalue weighted by Crippen LogP contribution is 2.29. The minimum absolute atomic E-state index is 0.566. The maximum absolute atomic E-state index is 12.8. The fraction of sp³-hybridized carbons (Fsp3) is 0.600. The zero-order chi connectivity index (χ0) is 20.1. The molecule has 0 bridgehead atoms. The number of halogens is 3. The summed E-state index contributed by atoms with van der Waals surface area (Å²) in [4.78, 5) is 4.55. The number of aromatic nitrogens is 2. The van der Waals surface area contributed by atoms with Crippen molar-refractivity contribution in [3.8, 4) is 0 Å². The number of likely N-dealkylation sites (tertiary alicyclic amines) is 1. The molecule has 1 saturated heterocycles. The molecule has 2 aromatic rings. The van der Waals surface area contributed by atoms with Gasteiger partial charge in [-0.1, -0.05) is 18.2 Å². The summed E-state index contributed by atoms with van der Waals surface area (Å²) in [5.41, 5.74) is 0.176. The number of hydrogen-bond acceptors (Lipinski definition) is 5. The molecule has 0 aliphatic carbocycles. The van der Waals surface area contributed by atoms with Crippen molar-refractivity contribution in [2.45, 2.75) is 38.9 Å². The van der Waals surface area contributed by atoms with Gasteiger partial charge in [0.2, 0.25) is 11.8 Å². The van der Waals surface area contributed by atoms with Crippen molar-refractivity contribution in [1.29, 1.82) is 0 Å². The summed E-state index contributed by atoms with van der Waals surface area (Å²) in [6.07, 6.45) is -1.45. The van der Waals surface area contributed by atoms with E-state index in [1.54, 1.807) is 13.0 Å². The Balaban J connectivity index is 1.39. The van der Waals surface area contributed by atoms with Crippen LogP contribution in [0.4, 0.5) is 13.2 Å². The maximum atomic E-state index is 12.8. The van der Waals surface area contributed by atoms with Crippen LogP contribution in [0.5, 0.6) is 0 Å². The lowest BCUT2D eigenvalue weighted by atomic mass is 9.96. The second-order valence-corrected chi connectivity index (χ2v) is 7.64. The Morgan fingerprint density at radius 2 is 1.96 bits per heavy atom. The Hall–Kier alpha value is -1.93. The van der Waals surface area contributed by atoms with Gasteiger partial charge in [-0.2, -0.15) is 13.2 Å². The van der Waals surface area contributed by atoms with Gasteiger partial charge in [-0.25, -0.2) is 0 Å². The molecule has 0 radical (unpaired) electrons. The molecular weight excluding hydrogens is 369 g/mol. The molecule has 0 saturated carbocycles. The minimum atomic E-state index is -4.28. The zero-order valence-electron chi connectivity index (χ0n) is 16.4. The van der Waals surface area contributed by atoms with Gasteiger partial charge in [0.25, 0.3) is 0 Å². The van der Waals surface area contributed by atoms with Gasteiger partial charge in [0.05, 0.1) is 12.1 Å². The second kappa shape index (κ2) is 9.05. The van der Waals surface area contributed by atoms with Gasteiger partial charge in [-0.3, -0.25) is 4.90 Å². The fourth-order valence-corrected chi connectivity index (χ4v) is 3.72. The summed E-state index contributed by atoms with van der Waals surface area (Å²) in [6, 6.07) is 5.66. The van der Waals surface area contributed by atoms with Gasteiger partial charge >= 0.3 is 6.18 Å². The van der Waals surface area contributed by atoms with Gasteiger partial charge in [-0.15, -0.1) is 10.2 Å². The molecule has 0 N–H and O–H groups in total. The van der Waals surface area contributed by atoms with E-state index in [-0.39, 0.29) is 0 Å². The van der Waals surface area contributed by atoms with E-state index in [1.807, 2.05) is 0 Å². The molecule has 0 amide bonds. The highest BCUT2D eigenvalue weighted by atomic mass is 19.4. The van der Waals surface area contributed by atoms with Crippen LogP contribution in [-0.2, 0) is 19.1 Å². The number of nitrogens with zero attached hydrogens (tertiary/aromatic N) is 4. The van der Waals surface area contributed by atoms with Gasteiger partial charge in [0.15, 0.2) is 0 Å². The monoisotopic (exact) mass is 396 g/mol. The van der Waals surface area contributed by atoms with Gasteiger partial charge in [0, 0.05) is 20.0 Å². The van der Waals surface area contributed by atoms with Crippen molar-refractivity contribution in [2.75, 3.05) is 33.2 Å². The van der Waals surface area contributed by atoms with Crippen molar-refractivity contribution < 1.29 is 17.6 Å². The highest BCUT2D eigenvalue weighted by molar-refractivity contribution is 5.25. The predicted molar refractivity (Wildman–Crippen MR) is 99.7 cm³/mol. The first-order valence-electron chi connectivity index (χ1n) is 9.65. The number of rotatable bonds is 7. The standard InChI is InChI=1S/C20H27F3N4O/c1-15-24-25-19(28-15)14-26(2)13-17-7-10-27(11-8-17)9-6-16-4-3-5-18(12-16)20(21,22)23/h3-5,12,17H,6-11,13-14H2,1-2H3. The van der Waals surface area contributed by atoms with Crippen molar-refractivity contribution in [3.05, 3.63) is 47.2 Å². The lowest BCUT2D eigenvalue weighted by Crippen LogP contribution is -2.38. The summed E-state index contributed by atoms with van der Waals surface area (Å²) in [7, 11) is 2.06. The van der Waals surface area contributed by atoms with E-state index in [1.165, 1.54) is 12.1 Å². The largest absolute Gasteiger partial charge is 0.424 e. The molecule has 1 aliphatic heterocycles. The molecule has 154 valence electrons. The van der Waals surface area contributed by atoms with E-state index in [4.69, 9.17) is 4.42 Å². The number of alkyl halides is 3.